The Balaban J connectivity index is 2.03. The Labute approximate surface area is 230 Å². The van der Waals surface area contributed by atoms with Gasteiger partial charge < -0.3 is 10.2 Å². The number of rotatable bonds is 12. The molecule has 0 saturated heterocycles. The number of carbonyl (C=O) groups is 2. The zero-order chi connectivity index (χ0) is 27.7. The summed E-state index contributed by atoms with van der Waals surface area (Å²) in [5, 5.41) is 3.43. The van der Waals surface area contributed by atoms with E-state index in [1.165, 1.54) is 17.0 Å². The lowest BCUT2D eigenvalue weighted by Gasteiger charge is -2.33. The lowest BCUT2D eigenvalue weighted by atomic mass is 10.1. The van der Waals surface area contributed by atoms with Crippen LogP contribution < -0.4 is 9.62 Å². The van der Waals surface area contributed by atoms with Gasteiger partial charge in [0.15, 0.2) is 0 Å². The van der Waals surface area contributed by atoms with Gasteiger partial charge in [-0.15, -0.1) is 0 Å². The summed E-state index contributed by atoms with van der Waals surface area (Å²) >= 11 is 6.05. The molecule has 0 radical (unpaired) electrons. The summed E-state index contributed by atoms with van der Waals surface area (Å²) in [6, 6.07) is 21.3. The molecule has 202 valence electrons. The normalized spacial score (nSPS) is 12.0. The second-order valence-electron chi connectivity index (χ2n) is 9.03. The molecule has 9 heteroatoms. The first kappa shape index (κ1) is 29.2. The van der Waals surface area contributed by atoms with Crippen molar-refractivity contribution in [1.82, 2.24) is 10.2 Å². The Bertz CT molecular complexity index is 1330. The Kier molecular flexibility index (Phi) is 10.3. The lowest BCUT2D eigenvalue weighted by molar-refractivity contribution is -0.140. The van der Waals surface area contributed by atoms with E-state index < -0.39 is 28.5 Å². The van der Waals surface area contributed by atoms with Crippen molar-refractivity contribution in [1.29, 1.82) is 0 Å². The number of anilines is 1. The van der Waals surface area contributed by atoms with Gasteiger partial charge in [0.05, 0.1) is 10.6 Å². The standard InChI is InChI=1S/C29H34ClN3O4S/c1-4-18-31-29(35)27(5-2)32(20-23-14-16-24(30)17-15-23)28(34)21-33(25-11-9-10-22(3)19-25)38(36,37)26-12-7-6-8-13-26/h6-17,19,27H,4-5,18,20-21H2,1-3H3,(H,31,35)/t27-/m1/s1. The Hall–Kier alpha value is -3.36. The molecular formula is C29H34ClN3O4S. The average Bonchev–Trinajstić information content (AvgIpc) is 2.91. The fourth-order valence-corrected chi connectivity index (χ4v) is 5.66. The van der Waals surface area contributed by atoms with Gasteiger partial charge >= 0.3 is 0 Å². The fourth-order valence-electron chi connectivity index (χ4n) is 4.10. The number of carbonyl (C=O) groups excluding carboxylic acids is 2. The van der Waals surface area contributed by atoms with Crippen molar-refractivity contribution in [2.45, 2.75) is 51.1 Å². The predicted octanol–water partition coefficient (Wildman–Crippen LogP) is 5.18. The molecule has 0 spiro atoms. The van der Waals surface area contributed by atoms with E-state index in [1.54, 1.807) is 60.7 Å². The highest BCUT2D eigenvalue weighted by atomic mass is 35.5. The average molecular weight is 556 g/mol. The molecule has 1 N–H and O–H groups in total. The van der Waals surface area contributed by atoms with Crippen molar-refractivity contribution in [2.75, 3.05) is 17.4 Å². The molecule has 0 unspecified atom stereocenters. The summed E-state index contributed by atoms with van der Waals surface area (Å²) < 4.78 is 28.7. The van der Waals surface area contributed by atoms with Gasteiger partial charge in [-0.05, 0) is 67.3 Å². The van der Waals surface area contributed by atoms with Crippen molar-refractivity contribution in [3.63, 3.8) is 0 Å². The van der Waals surface area contributed by atoms with Crippen molar-refractivity contribution < 1.29 is 18.0 Å². The molecule has 0 aliphatic heterocycles. The molecule has 3 aromatic rings. The number of halogens is 1. The molecule has 0 heterocycles. The lowest BCUT2D eigenvalue weighted by Crippen LogP contribution is -2.52. The van der Waals surface area contributed by atoms with Crippen LogP contribution in [-0.2, 0) is 26.2 Å². The van der Waals surface area contributed by atoms with Crippen LogP contribution in [0.5, 0.6) is 0 Å². The maximum absolute atomic E-state index is 14.0. The molecule has 0 bridgehead atoms. The number of sulfonamides is 1. The highest BCUT2D eigenvalue weighted by molar-refractivity contribution is 7.92. The summed E-state index contributed by atoms with van der Waals surface area (Å²) in [5.74, 6) is -0.760. The highest BCUT2D eigenvalue weighted by Gasteiger charge is 2.33. The number of nitrogens with zero attached hydrogens (tertiary/aromatic N) is 2. The molecule has 0 aliphatic rings. The van der Waals surface area contributed by atoms with Crippen LogP contribution in [0.1, 0.15) is 37.8 Å². The maximum Gasteiger partial charge on any atom is 0.264 e. The number of hydrogen-bond acceptors (Lipinski definition) is 4. The number of benzene rings is 3. The van der Waals surface area contributed by atoms with Crippen molar-refractivity contribution in [2.24, 2.45) is 0 Å². The van der Waals surface area contributed by atoms with Crippen LogP contribution in [0.2, 0.25) is 5.02 Å². The van der Waals surface area contributed by atoms with Crippen LogP contribution in [-0.4, -0.2) is 44.3 Å². The third-order valence-corrected chi connectivity index (χ3v) is 8.14. The van der Waals surface area contributed by atoms with E-state index in [1.807, 2.05) is 26.8 Å². The summed E-state index contributed by atoms with van der Waals surface area (Å²) in [4.78, 5) is 28.6. The number of hydrogen-bond donors (Lipinski definition) is 1. The van der Waals surface area contributed by atoms with E-state index in [9.17, 15) is 18.0 Å². The van der Waals surface area contributed by atoms with Gasteiger partial charge in [-0.2, -0.15) is 0 Å². The largest absolute Gasteiger partial charge is 0.354 e. The number of nitrogens with one attached hydrogen (secondary N) is 1. The molecule has 0 aliphatic carbocycles. The quantitative estimate of drug-likeness (QED) is 0.334. The van der Waals surface area contributed by atoms with Gasteiger partial charge in [0.1, 0.15) is 12.6 Å². The minimum Gasteiger partial charge on any atom is -0.354 e. The molecular weight excluding hydrogens is 522 g/mol. The van der Waals surface area contributed by atoms with Crippen LogP contribution in [0.25, 0.3) is 0 Å². The number of amides is 2. The van der Waals surface area contributed by atoms with E-state index >= 15 is 0 Å². The minimum atomic E-state index is -4.08. The van der Waals surface area contributed by atoms with Crippen LogP contribution in [0.3, 0.4) is 0 Å². The summed E-state index contributed by atoms with van der Waals surface area (Å²) in [6.07, 6.45) is 1.12. The van der Waals surface area contributed by atoms with Crippen molar-refractivity contribution in [3.05, 3.63) is 95.0 Å². The summed E-state index contributed by atoms with van der Waals surface area (Å²) in [6.45, 7) is 5.78. The van der Waals surface area contributed by atoms with E-state index in [4.69, 9.17) is 11.6 Å². The molecule has 7 nitrogen and oxygen atoms in total. The first-order valence-corrected chi connectivity index (χ1v) is 14.4. The molecule has 0 saturated carbocycles. The van der Waals surface area contributed by atoms with Gasteiger partial charge in [0.2, 0.25) is 11.8 Å². The molecule has 0 aromatic heterocycles. The van der Waals surface area contributed by atoms with Crippen LogP contribution in [0, 0.1) is 6.92 Å². The molecule has 3 aromatic carbocycles. The van der Waals surface area contributed by atoms with Crippen molar-refractivity contribution >= 4 is 39.1 Å². The van der Waals surface area contributed by atoms with Gasteiger partial charge in [0.25, 0.3) is 10.0 Å². The van der Waals surface area contributed by atoms with E-state index in [0.29, 0.717) is 23.7 Å². The monoisotopic (exact) mass is 555 g/mol. The van der Waals surface area contributed by atoms with Gasteiger partial charge in [-0.1, -0.05) is 67.9 Å². The topological polar surface area (TPSA) is 86.8 Å². The van der Waals surface area contributed by atoms with Gasteiger partial charge in [-0.3, -0.25) is 13.9 Å². The summed E-state index contributed by atoms with van der Waals surface area (Å²) in [7, 11) is -4.08. The third kappa shape index (κ3) is 7.36. The first-order valence-electron chi connectivity index (χ1n) is 12.6. The predicted molar refractivity (Wildman–Crippen MR) is 152 cm³/mol. The molecule has 3 rings (SSSR count). The van der Waals surface area contributed by atoms with Gasteiger partial charge in [0, 0.05) is 18.1 Å². The first-order chi connectivity index (χ1) is 18.2. The Morgan fingerprint density at radius 2 is 1.63 bits per heavy atom. The zero-order valence-electron chi connectivity index (χ0n) is 21.9. The van der Waals surface area contributed by atoms with Crippen LogP contribution in [0.4, 0.5) is 5.69 Å². The van der Waals surface area contributed by atoms with E-state index in [0.717, 1.165) is 21.9 Å². The maximum atomic E-state index is 14.0. The highest BCUT2D eigenvalue weighted by Crippen LogP contribution is 2.25. The number of aryl methyl sites for hydroxylation is 1. The molecule has 2 amide bonds. The van der Waals surface area contributed by atoms with Crippen molar-refractivity contribution in [3.8, 4) is 0 Å². The Morgan fingerprint density at radius 3 is 2.24 bits per heavy atom. The fraction of sp³-hybridized carbons (Fsp3) is 0.310. The second kappa shape index (κ2) is 13.4. The van der Waals surface area contributed by atoms with E-state index in [2.05, 4.69) is 5.32 Å². The Morgan fingerprint density at radius 1 is 0.947 bits per heavy atom. The second-order valence-corrected chi connectivity index (χ2v) is 11.3. The SMILES string of the molecule is CCCNC(=O)[C@@H](CC)N(Cc1ccc(Cl)cc1)C(=O)CN(c1cccc(C)c1)S(=O)(=O)c1ccccc1. The molecule has 0 fully saturated rings. The zero-order valence-corrected chi connectivity index (χ0v) is 23.5. The smallest absolute Gasteiger partial charge is 0.264 e. The summed E-state index contributed by atoms with van der Waals surface area (Å²) in [5.41, 5.74) is 2.00. The minimum absolute atomic E-state index is 0.0753. The van der Waals surface area contributed by atoms with Crippen LogP contribution >= 0.6 is 11.6 Å². The van der Waals surface area contributed by atoms with E-state index in [-0.39, 0.29) is 17.3 Å². The van der Waals surface area contributed by atoms with Gasteiger partial charge in [-0.25, -0.2) is 8.42 Å². The molecule has 38 heavy (non-hydrogen) atoms. The molecule has 1 atom stereocenters. The van der Waals surface area contributed by atoms with Crippen LogP contribution in [0.15, 0.2) is 83.8 Å². The third-order valence-electron chi connectivity index (χ3n) is 6.10.